The van der Waals surface area contributed by atoms with Gasteiger partial charge in [0, 0.05) is 57.8 Å². The molecular formula is C20H21ClN2S. The number of halogens is 1. The van der Waals surface area contributed by atoms with E-state index in [2.05, 4.69) is 47.5 Å². The molecule has 0 atom stereocenters. The molecule has 4 heteroatoms. The molecule has 0 amide bonds. The average Bonchev–Trinajstić information content (AvgIpc) is 2.61. The lowest BCUT2D eigenvalue weighted by molar-refractivity contribution is 0.303. The molecule has 124 valence electrons. The fourth-order valence-corrected chi connectivity index (χ4v) is 5.03. The zero-order valence-corrected chi connectivity index (χ0v) is 15.4. The zero-order chi connectivity index (χ0) is 16.5. The van der Waals surface area contributed by atoms with Gasteiger partial charge in [-0.2, -0.15) is 0 Å². The first-order valence-corrected chi connectivity index (χ1v) is 9.74. The summed E-state index contributed by atoms with van der Waals surface area (Å²) in [4.78, 5) is 5.11. The highest BCUT2D eigenvalue weighted by Crippen LogP contribution is 2.49. The van der Waals surface area contributed by atoms with Crippen LogP contribution in [0.3, 0.4) is 0 Å². The summed E-state index contributed by atoms with van der Waals surface area (Å²) in [6, 6.07) is 14.9. The number of nitrogens with zero attached hydrogens (tertiary/aromatic N) is 1. The fraction of sp³-hybridized carbons (Fsp3) is 0.300. The van der Waals surface area contributed by atoms with E-state index < -0.39 is 0 Å². The molecule has 2 aliphatic heterocycles. The van der Waals surface area contributed by atoms with Gasteiger partial charge in [-0.1, -0.05) is 54.6 Å². The number of rotatable bonds is 2. The number of hydrogen-bond donors (Lipinski definition) is 1. The van der Waals surface area contributed by atoms with E-state index in [0.717, 1.165) is 37.6 Å². The summed E-state index contributed by atoms with van der Waals surface area (Å²) < 4.78 is 0. The molecule has 24 heavy (non-hydrogen) atoms. The van der Waals surface area contributed by atoms with E-state index in [4.69, 9.17) is 11.6 Å². The van der Waals surface area contributed by atoms with E-state index in [0.29, 0.717) is 0 Å². The van der Waals surface area contributed by atoms with Crippen molar-refractivity contribution in [2.75, 3.05) is 26.2 Å². The number of hydrogen-bond acceptors (Lipinski definition) is 3. The van der Waals surface area contributed by atoms with Crippen LogP contribution in [0.2, 0.25) is 5.02 Å². The molecule has 0 saturated carbocycles. The predicted molar refractivity (Wildman–Crippen MR) is 103 cm³/mol. The molecule has 0 bridgehead atoms. The number of benzene rings is 2. The standard InChI is InChI=1S/C20H21ClN2S/c1-2-11-23-12-10-22-13-16(23)19-14-6-3-4-8-17(14)24-18-9-5-7-15(21)20(18)19/h3-9,22H,2,10-13H2,1H3/b19-16+. The van der Waals surface area contributed by atoms with Crippen LogP contribution in [0, 0.1) is 0 Å². The van der Waals surface area contributed by atoms with Crippen molar-refractivity contribution in [3.63, 3.8) is 0 Å². The Morgan fingerprint density at radius 3 is 2.83 bits per heavy atom. The lowest BCUT2D eigenvalue weighted by atomic mass is 9.93. The van der Waals surface area contributed by atoms with E-state index in [1.54, 1.807) is 0 Å². The molecule has 2 heterocycles. The summed E-state index contributed by atoms with van der Waals surface area (Å²) in [6.45, 7) is 6.34. The third-order valence-electron chi connectivity index (χ3n) is 4.62. The summed E-state index contributed by atoms with van der Waals surface area (Å²) in [5, 5.41) is 4.40. The first-order chi connectivity index (χ1) is 11.8. The third kappa shape index (κ3) is 2.75. The Morgan fingerprint density at radius 2 is 1.96 bits per heavy atom. The highest BCUT2D eigenvalue weighted by Gasteiger charge is 2.28. The Bertz CT molecular complexity index is 798. The summed E-state index contributed by atoms with van der Waals surface area (Å²) in [5.74, 6) is 0. The van der Waals surface area contributed by atoms with Crippen molar-refractivity contribution in [1.82, 2.24) is 10.2 Å². The van der Waals surface area contributed by atoms with Crippen molar-refractivity contribution in [3.8, 4) is 0 Å². The molecule has 1 N–H and O–H groups in total. The molecule has 4 rings (SSSR count). The van der Waals surface area contributed by atoms with Crippen LogP contribution in [0.4, 0.5) is 0 Å². The van der Waals surface area contributed by atoms with Gasteiger partial charge in [0.1, 0.15) is 0 Å². The molecule has 0 aliphatic carbocycles. The number of piperazine rings is 1. The highest BCUT2D eigenvalue weighted by molar-refractivity contribution is 7.99. The molecule has 1 saturated heterocycles. The molecule has 2 aliphatic rings. The maximum atomic E-state index is 6.66. The van der Waals surface area contributed by atoms with Gasteiger partial charge in [0.05, 0.1) is 0 Å². The van der Waals surface area contributed by atoms with Crippen molar-refractivity contribution in [3.05, 3.63) is 64.3 Å². The van der Waals surface area contributed by atoms with E-state index >= 15 is 0 Å². The maximum Gasteiger partial charge on any atom is 0.0496 e. The SMILES string of the molecule is CCCN1CCNC/C1=C1/c2ccccc2Sc2cccc(Cl)c21. The van der Waals surface area contributed by atoms with Crippen LogP contribution in [0.25, 0.3) is 5.57 Å². The normalized spacial score (nSPS) is 19.8. The largest absolute Gasteiger partial charge is 0.372 e. The van der Waals surface area contributed by atoms with Gasteiger partial charge in [0.25, 0.3) is 0 Å². The Morgan fingerprint density at radius 1 is 1.12 bits per heavy atom. The second-order valence-electron chi connectivity index (χ2n) is 6.20. The Hall–Kier alpha value is -1.42. The first-order valence-electron chi connectivity index (χ1n) is 8.54. The van der Waals surface area contributed by atoms with Crippen LogP contribution in [0.15, 0.2) is 58.0 Å². The van der Waals surface area contributed by atoms with Crippen LogP contribution >= 0.6 is 23.4 Å². The molecule has 2 aromatic rings. The minimum Gasteiger partial charge on any atom is -0.372 e. The second kappa shape index (κ2) is 6.83. The van der Waals surface area contributed by atoms with Gasteiger partial charge in [-0.05, 0) is 30.2 Å². The van der Waals surface area contributed by atoms with Crippen molar-refractivity contribution in [2.45, 2.75) is 23.1 Å². The topological polar surface area (TPSA) is 15.3 Å². The molecular weight excluding hydrogens is 336 g/mol. The number of fused-ring (bicyclic) bond motifs is 2. The minimum atomic E-state index is 0.846. The zero-order valence-electron chi connectivity index (χ0n) is 13.8. The van der Waals surface area contributed by atoms with Crippen LogP contribution in [0.5, 0.6) is 0 Å². The summed E-state index contributed by atoms with van der Waals surface area (Å²) in [7, 11) is 0. The second-order valence-corrected chi connectivity index (χ2v) is 7.69. The smallest absolute Gasteiger partial charge is 0.0496 e. The van der Waals surface area contributed by atoms with Gasteiger partial charge < -0.3 is 10.2 Å². The molecule has 1 fully saturated rings. The molecule has 0 radical (unpaired) electrons. The third-order valence-corrected chi connectivity index (χ3v) is 6.07. The summed E-state index contributed by atoms with van der Waals surface area (Å²) >= 11 is 8.48. The molecule has 2 nitrogen and oxygen atoms in total. The lowest BCUT2D eigenvalue weighted by Crippen LogP contribution is -2.42. The highest BCUT2D eigenvalue weighted by atomic mass is 35.5. The lowest BCUT2D eigenvalue weighted by Gasteiger charge is -2.36. The van der Waals surface area contributed by atoms with E-state index in [-0.39, 0.29) is 0 Å². The van der Waals surface area contributed by atoms with Crippen LogP contribution < -0.4 is 5.32 Å². The summed E-state index contributed by atoms with van der Waals surface area (Å²) in [6.07, 6.45) is 1.16. The van der Waals surface area contributed by atoms with Gasteiger partial charge in [-0.15, -0.1) is 0 Å². The monoisotopic (exact) mass is 356 g/mol. The number of nitrogens with one attached hydrogen (secondary N) is 1. The molecule has 0 aromatic heterocycles. The first kappa shape index (κ1) is 16.1. The molecule has 0 spiro atoms. The predicted octanol–water partition coefficient (Wildman–Crippen LogP) is 4.88. The maximum absolute atomic E-state index is 6.66. The molecule has 0 unspecified atom stereocenters. The quantitative estimate of drug-likeness (QED) is 0.704. The Kier molecular flexibility index (Phi) is 4.57. The Labute approximate surface area is 152 Å². The van der Waals surface area contributed by atoms with Gasteiger partial charge in [0.2, 0.25) is 0 Å². The summed E-state index contributed by atoms with van der Waals surface area (Å²) in [5.41, 5.74) is 5.20. The van der Waals surface area contributed by atoms with Gasteiger partial charge in [0.15, 0.2) is 0 Å². The van der Waals surface area contributed by atoms with E-state index in [1.807, 2.05) is 23.9 Å². The van der Waals surface area contributed by atoms with E-state index in [9.17, 15) is 0 Å². The van der Waals surface area contributed by atoms with Crippen molar-refractivity contribution in [1.29, 1.82) is 0 Å². The minimum absolute atomic E-state index is 0.846. The fourth-order valence-electron chi connectivity index (χ4n) is 3.58. The van der Waals surface area contributed by atoms with Gasteiger partial charge in [-0.25, -0.2) is 0 Å². The van der Waals surface area contributed by atoms with Gasteiger partial charge in [-0.3, -0.25) is 0 Å². The van der Waals surface area contributed by atoms with Gasteiger partial charge >= 0.3 is 0 Å². The Balaban J connectivity index is 1.98. The van der Waals surface area contributed by atoms with Crippen LogP contribution in [-0.2, 0) is 0 Å². The van der Waals surface area contributed by atoms with Crippen LogP contribution in [-0.4, -0.2) is 31.1 Å². The average molecular weight is 357 g/mol. The van der Waals surface area contributed by atoms with Crippen molar-refractivity contribution in [2.24, 2.45) is 0 Å². The van der Waals surface area contributed by atoms with Crippen LogP contribution in [0.1, 0.15) is 24.5 Å². The molecule has 2 aromatic carbocycles. The van der Waals surface area contributed by atoms with Crippen molar-refractivity contribution < 1.29 is 0 Å². The van der Waals surface area contributed by atoms with Crippen molar-refractivity contribution >= 4 is 28.9 Å². The van der Waals surface area contributed by atoms with E-state index in [1.165, 1.54) is 32.2 Å².